The van der Waals surface area contributed by atoms with Gasteiger partial charge in [-0.05, 0) is 31.2 Å². The molecule has 1 aromatic heterocycles. The molecule has 2 nitrogen and oxygen atoms in total. The molecule has 0 fully saturated rings. The molecule has 0 amide bonds. The number of rotatable bonds is 3. The van der Waals surface area contributed by atoms with Crippen LogP contribution in [-0.4, -0.2) is 9.97 Å². The van der Waals surface area contributed by atoms with Gasteiger partial charge in [0.25, 0.3) is 0 Å². The van der Waals surface area contributed by atoms with Crippen molar-refractivity contribution in [3.8, 4) is 0 Å². The van der Waals surface area contributed by atoms with Crippen LogP contribution in [0.4, 0.5) is 4.39 Å². The molecule has 0 bridgehead atoms. The summed E-state index contributed by atoms with van der Waals surface area (Å²) >= 11 is 1.45. The zero-order valence-electron chi connectivity index (χ0n) is 11.0. The monoisotopic (exact) mass is 284 g/mol. The molecule has 20 heavy (non-hydrogen) atoms. The Labute approximate surface area is 121 Å². The van der Waals surface area contributed by atoms with Crippen molar-refractivity contribution in [3.05, 3.63) is 65.7 Å². The Morgan fingerprint density at radius 2 is 1.60 bits per heavy atom. The number of hydrogen-bond donors (Lipinski definition) is 0. The number of aromatic nitrogens is 2. The molecule has 2 aromatic carbocycles. The lowest BCUT2D eigenvalue weighted by atomic mass is 10.2. The highest BCUT2D eigenvalue weighted by Gasteiger charge is 2.07. The standard InChI is InChI=1S/C16H13FN2S/c1-11-15(10-20-16-9-5-2-6-12(16)17)19-14-8-4-3-7-13(14)18-11/h2-9H,10H2,1H3. The van der Waals surface area contributed by atoms with E-state index in [9.17, 15) is 4.39 Å². The van der Waals surface area contributed by atoms with Crippen LogP contribution in [0.1, 0.15) is 11.4 Å². The lowest BCUT2D eigenvalue weighted by Crippen LogP contribution is -1.97. The highest BCUT2D eigenvalue weighted by molar-refractivity contribution is 7.98. The van der Waals surface area contributed by atoms with Crippen LogP contribution in [0, 0.1) is 12.7 Å². The fourth-order valence-electron chi connectivity index (χ4n) is 1.97. The summed E-state index contributed by atoms with van der Waals surface area (Å²) in [5.41, 5.74) is 3.57. The van der Waals surface area contributed by atoms with Crippen LogP contribution in [0.2, 0.25) is 0 Å². The van der Waals surface area contributed by atoms with Crippen molar-refractivity contribution in [2.24, 2.45) is 0 Å². The molecule has 4 heteroatoms. The van der Waals surface area contributed by atoms with Crippen LogP contribution >= 0.6 is 11.8 Å². The lowest BCUT2D eigenvalue weighted by molar-refractivity contribution is 0.602. The van der Waals surface area contributed by atoms with Crippen molar-refractivity contribution >= 4 is 22.8 Å². The Kier molecular flexibility index (Phi) is 3.65. The fourth-order valence-corrected chi connectivity index (χ4v) is 2.92. The fraction of sp³-hybridized carbons (Fsp3) is 0.125. The zero-order valence-corrected chi connectivity index (χ0v) is 11.8. The van der Waals surface area contributed by atoms with E-state index < -0.39 is 0 Å². The third-order valence-electron chi connectivity index (χ3n) is 3.04. The number of thioether (sulfide) groups is 1. The molecule has 0 unspecified atom stereocenters. The summed E-state index contributed by atoms with van der Waals surface area (Å²) in [6, 6.07) is 14.6. The maximum Gasteiger partial charge on any atom is 0.136 e. The second-order valence-electron chi connectivity index (χ2n) is 4.46. The van der Waals surface area contributed by atoms with Gasteiger partial charge in [-0.25, -0.2) is 14.4 Å². The predicted molar refractivity (Wildman–Crippen MR) is 80.2 cm³/mol. The van der Waals surface area contributed by atoms with Gasteiger partial charge in [-0.2, -0.15) is 0 Å². The Hall–Kier alpha value is -1.94. The molecule has 0 aliphatic heterocycles. The topological polar surface area (TPSA) is 25.8 Å². The summed E-state index contributed by atoms with van der Waals surface area (Å²) in [5.74, 6) is 0.425. The molecule has 3 rings (SSSR count). The largest absolute Gasteiger partial charge is 0.250 e. The van der Waals surface area contributed by atoms with Crippen molar-refractivity contribution in [1.29, 1.82) is 0 Å². The van der Waals surface area contributed by atoms with Crippen molar-refractivity contribution in [2.75, 3.05) is 0 Å². The molecule has 0 atom stereocenters. The van der Waals surface area contributed by atoms with Crippen molar-refractivity contribution in [1.82, 2.24) is 9.97 Å². The lowest BCUT2D eigenvalue weighted by Gasteiger charge is -2.07. The highest BCUT2D eigenvalue weighted by Crippen LogP contribution is 2.26. The van der Waals surface area contributed by atoms with E-state index in [1.165, 1.54) is 17.8 Å². The summed E-state index contributed by atoms with van der Waals surface area (Å²) < 4.78 is 13.6. The average Bonchev–Trinajstić information content (AvgIpc) is 2.46. The molecule has 1 heterocycles. The van der Waals surface area contributed by atoms with Gasteiger partial charge in [0.05, 0.1) is 22.4 Å². The van der Waals surface area contributed by atoms with E-state index in [-0.39, 0.29) is 5.82 Å². The Balaban J connectivity index is 1.87. The molecule has 100 valence electrons. The van der Waals surface area contributed by atoms with Crippen molar-refractivity contribution < 1.29 is 4.39 Å². The second-order valence-corrected chi connectivity index (χ2v) is 5.48. The first kappa shape index (κ1) is 13.1. The van der Waals surface area contributed by atoms with Gasteiger partial charge >= 0.3 is 0 Å². The van der Waals surface area contributed by atoms with Crippen LogP contribution in [0.5, 0.6) is 0 Å². The van der Waals surface area contributed by atoms with E-state index in [4.69, 9.17) is 0 Å². The maximum atomic E-state index is 13.6. The molecule has 0 aliphatic rings. The summed E-state index contributed by atoms with van der Waals surface area (Å²) in [6.07, 6.45) is 0. The molecular formula is C16H13FN2S. The van der Waals surface area contributed by atoms with Gasteiger partial charge in [0.15, 0.2) is 0 Å². The number of fused-ring (bicyclic) bond motifs is 1. The maximum absolute atomic E-state index is 13.6. The molecule has 0 spiro atoms. The van der Waals surface area contributed by atoms with E-state index in [2.05, 4.69) is 9.97 Å². The number of hydrogen-bond acceptors (Lipinski definition) is 3. The first-order valence-corrected chi connectivity index (χ1v) is 7.32. The Morgan fingerprint density at radius 3 is 2.35 bits per heavy atom. The number of halogens is 1. The second kappa shape index (κ2) is 5.59. The van der Waals surface area contributed by atoms with Crippen LogP contribution in [0.25, 0.3) is 11.0 Å². The highest BCUT2D eigenvalue weighted by atomic mass is 32.2. The predicted octanol–water partition coefficient (Wildman–Crippen LogP) is 4.37. The summed E-state index contributed by atoms with van der Waals surface area (Å²) in [6.45, 7) is 1.94. The van der Waals surface area contributed by atoms with Gasteiger partial charge in [0.2, 0.25) is 0 Å². The van der Waals surface area contributed by atoms with Crippen LogP contribution in [-0.2, 0) is 5.75 Å². The van der Waals surface area contributed by atoms with Crippen LogP contribution < -0.4 is 0 Å². The smallest absolute Gasteiger partial charge is 0.136 e. The molecule has 0 radical (unpaired) electrons. The minimum atomic E-state index is -0.191. The van der Waals surface area contributed by atoms with E-state index in [0.717, 1.165) is 22.4 Å². The zero-order chi connectivity index (χ0) is 13.9. The normalized spacial score (nSPS) is 10.9. The average molecular weight is 284 g/mol. The van der Waals surface area contributed by atoms with Crippen LogP contribution in [0.3, 0.4) is 0 Å². The van der Waals surface area contributed by atoms with Crippen molar-refractivity contribution in [3.63, 3.8) is 0 Å². The first-order chi connectivity index (χ1) is 9.74. The first-order valence-electron chi connectivity index (χ1n) is 6.33. The molecule has 0 aliphatic carbocycles. The van der Waals surface area contributed by atoms with E-state index in [1.54, 1.807) is 12.1 Å². The van der Waals surface area contributed by atoms with E-state index in [0.29, 0.717) is 10.6 Å². The Morgan fingerprint density at radius 1 is 0.950 bits per heavy atom. The minimum absolute atomic E-state index is 0.191. The number of aryl methyl sites for hydroxylation is 1. The van der Waals surface area contributed by atoms with Crippen LogP contribution in [0.15, 0.2) is 53.4 Å². The Bertz CT molecular complexity index is 758. The third kappa shape index (κ3) is 2.65. The summed E-state index contributed by atoms with van der Waals surface area (Å²) in [5, 5.41) is 0. The van der Waals surface area contributed by atoms with Gasteiger partial charge in [-0.3, -0.25) is 0 Å². The number of benzene rings is 2. The quantitative estimate of drug-likeness (QED) is 0.668. The molecular weight excluding hydrogens is 271 g/mol. The molecule has 0 N–H and O–H groups in total. The number of nitrogens with zero attached hydrogens (tertiary/aromatic N) is 2. The van der Waals surface area contributed by atoms with Gasteiger partial charge in [-0.1, -0.05) is 24.3 Å². The number of para-hydroxylation sites is 2. The third-order valence-corrected chi connectivity index (χ3v) is 4.10. The summed E-state index contributed by atoms with van der Waals surface area (Å²) in [7, 11) is 0. The van der Waals surface area contributed by atoms with Gasteiger partial charge in [0.1, 0.15) is 5.82 Å². The SMILES string of the molecule is Cc1nc2ccccc2nc1CSc1ccccc1F. The minimum Gasteiger partial charge on any atom is -0.250 e. The van der Waals surface area contributed by atoms with Gasteiger partial charge < -0.3 is 0 Å². The summed E-state index contributed by atoms with van der Waals surface area (Å²) in [4.78, 5) is 9.80. The molecule has 0 saturated carbocycles. The van der Waals surface area contributed by atoms with Gasteiger partial charge in [0, 0.05) is 10.6 Å². The van der Waals surface area contributed by atoms with E-state index in [1.807, 2.05) is 37.3 Å². The molecule has 0 saturated heterocycles. The molecule has 3 aromatic rings. The van der Waals surface area contributed by atoms with E-state index >= 15 is 0 Å². The van der Waals surface area contributed by atoms with Crippen molar-refractivity contribution in [2.45, 2.75) is 17.6 Å². The van der Waals surface area contributed by atoms with Gasteiger partial charge in [-0.15, -0.1) is 11.8 Å².